The van der Waals surface area contributed by atoms with Gasteiger partial charge in [-0.05, 0) is 64.3 Å². The van der Waals surface area contributed by atoms with Crippen LogP contribution in [-0.2, 0) is 0 Å². The highest BCUT2D eigenvalue weighted by atomic mass is 16.3. The average Bonchev–Trinajstić information content (AvgIpc) is 2.74. The summed E-state index contributed by atoms with van der Waals surface area (Å²) in [5, 5.41) is 10.1. The number of fused-ring (bicyclic) bond motifs is 1. The summed E-state index contributed by atoms with van der Waals surface area (Å²) < 4.78 is 0. The lowest BCUT2D eigenvalue weighted by Gasteiger charge is -2.53. The Morgan fingerprint density at radius 1 is 1.15 bits per heavy atom. The molecule has 148 valence electrons. The number of hydrogen-bond donors (Lipinski definition) is 1. The summed E-state index contributed by atoms with van der Waals surface area (Å²) in [6.45, 7) is 4.90. The fourth-order valence-electron chi connectivity index (χ4n) is 5.20. The van der Waals surface area contributed by atoms with Crippen LogP contribution in [-0.4, -0.2) is 78.2 Å². The van der Waals surface area contributed by atoms with Gasteiger partial charge in [-0.15, -0.1) is 0 Å². The van der Waals surface area contributed by atoms with Crippen molar-refractivity contribution in [2.24, 2.45) is 5.41 Å². The zero-order chi connectivity index (χ0) is 18.9. The highest BCUT2D eigenvalue weighted by Gasteiger charge is 2.46. The summed E-state index contributed by atoms with van der Waals surface area (Å²) in [4.78, 5) is 23.9. The molecule has 3 aliphatic rings. The summed E-state index contributed by atoms with van der Waals surface area (Å²) in [5.74, 6) is 1.05. The third kappa shape index (κ3) is 3.57. The number of likely N-dealkylation sites (tertiary alicyclic amines) is 2. The normalized spacial score (nSPS) is 29.5. The number of aliphatic hydroxyl groups excluding tert-OH is 1. The Kier molecular flexibility index (Phi) is 5.37. The van der Waals surface area contributed by atoms with Gasteiger partial charge < -0.3 is 19.8 Å². The maximum atomic E-state index is 12.6. The van der Waals surface area contributed by atoms with Gasteiger partial charge in [0.05, 0.1) is 12.2 Å². The number of nitrogens with zero attached hydrogens (tertiary/aromatic N) is 4. The van der Waals surface area contributed by atoms with Gasteiger partial charge in [0.1, 0.15) is 5.82 Å². The topological polar surface area (TPSA) is 59.9 Å². The van der Waals surface area contributed by atoms with Crippen molar-refractivity contribution >= 4 is 11.7 Å². The number of carbonyl (C=O) groups excluding carboxylic acids is 1. The van der Waals surface area contributed by atoms with Crippen LogP contribution in [0, 0.1) is 5.41 Å². The van der Waals surface area contributed by atoms with Gasteiger partial charge >= 0.3 is 0 Å². The number of anilines is 1. The lowest BCUT2D eigenvalue weighted by atomic mass is 9.69. The Morgan fingerprint density at radius 3 is 2.67 bits per heavy atom. The summed E-state index contributed by atoms with van der Waals surface area (Å²) in [6, 6.07) is 4.28. The van der Waals surface area contributed by atoms with Crippen LogP contribution >= 0.6 is 0 Å². The van der Waals surface area contributed by atoms with Crippen LogP contribution in [0.15, 0.2) is 18.3 Å². The fraction of sp³-hybridized carbons (Fsp3) is 0.714. The number of carbonyl (C=O) groups is 1. The molecule has 3 fully saturated rings. The van der Waals surface area contributed by atoms with Gasteiger partial charge in [-0.1, -0.05) is 0 Å². The molecule has 0 aliphatic carbocycles. The number of pyridine rings is 1. The lowest BCUT2D eigenvalue weighted by Crippen LogP contribution is -2.61. The molecule has 4 rings (SSSR count). The van der Waals surface area contributed by atoms with Crippen molar-refractivity contribution in [3.8, 4) is 0 Å². The predicted molar refractivity (Wildman–Crippen MR) is 106 cm³/mol. The number of rotatable bonds is 3. The van der Waals surface area contributed by atoms with E-state index in [1.54, 1.807) is 6.20 Å². The SMILES string of the molecule is CN1CCC[C@]2(CO)CCN(c3ccc(C(=O)N4CCCCC4)cn3)C[C@@H]12. The summed E-state index contributed by atoms with van der Waals surface area (Å²) >= 11 is 0. The monoisotopic (exact) mass is 372 g/mol. The Morgan fingerprint density at radius 2 is 1.96 bits per heavy atom. The molecule has 1 amide bonds. The van der Waals surface area contributed by atoms with E-state index in [9.17, 15) is 9.90 Å². The van der Waals surface area contributed by atoms with E-state index in [0.717, 1.165) is 64.2 Å². The smallest absolute Gasteiger partial charge is 0.255 e. The summed E-state index contributed by atoms with van der Waals surface area (Å²) in [5.41, 5.74) is 0.727. The van der Waals surface area contributed by atoms with Crippen LogP contribution in [0.25, 0.3) is 0 Å². The minimum atomic E-state index is 0.0354. The van der Waals surface area contributed by atoms with E-state index in [1.165, 1.54) is 12.8 Å². The minimum Gasteiger partial charge on any atom is -0.396 e. The summed E-state index contributed by atoms with van der Waals surface area (Å²) in [6.07, 6.45) is 8.45. The molecule has 1 aromatic heterocycles. The molecular weight excluding hydrogens is 340 g/mol. The van der Waals surface area contributed by atoms with Gasteiger partial charge in [0, 0.05) is 43.8 Å². The van der Waals surface area contributed by atoms with Gasteiger partial charge in [0.2, 0.25) is 0 Å². The molecule has 0 unspecified atom stereocenters. The number of amides is 1. The van der Waals surface area contributed by atoms with Crippen LogP contribution in [0.5, 0.6) is 0 Å². The second-order valence-corrected chi connectivity index (χ2v) is 8.57. The number of aliphatic hydroxyl groups is 1. The number of piperidine rings is 3. The van der Waals surface area contributed by atoms with Crippen molar-refractivity contribution in [3.05, 3.63) is 23.9 Å². The molecule has 27 heavy (non-hydrogen) atoms. The minimum absolute atomic E-state index is 0.0354. The molecule has 0 radical (unpaired) electrons. The zero-order valence-electron chi connectivity index (χ0n) is 16.4. The number of aromatic nitrogens is 1. The third-order valence-corrected chi connectivity index (χ3v) is 6.97. The Hall–Kier alpha value is -1.66. The van der Waals surface area contributed by atoms with E-state index in [-0.39, 0.29) is 17.9 Å². The first kappa shape index (κ1) is 18.7. The van der Waals surface area contributed by atoms with Gasteiger partial charge in [-0.2, -0.15) is 0 Å². The lowest BCUT2D eigenvalue weighted by molar-refractivity contribution is -0.0277. The van der Waals surface area contributed by atoms with Gasteiger partial charge in [-0.25, -0.2) is 4.98 Å². The molecule has 0 aromatic carbocycles. The van der Waals surface area contributed by atoms with Crippen molar-refractivity contribution < 1.29 is 9.90 Å². The highest BCUT2D eigenvalue weighted by Crippen LogP contribution is 2.42. The maximum absolute atomic E-state index is 12.6. The quantitative estimate of drug-likeness (QED) is 0.879. The summed E-state index contributed by atoms with van der Waals surface area (Å²) in [7, 11) is 2.17. The van der Waals surface area contributed by atoms with E-state index in [0.29, 0.717) is 11.6 Å². The van der Waals surface area contributed by atoms with Crippen LogP contribution in [0.1, 0.15) is 48.9 Å². The van der Waals surface area contributed by atoms with Gasteiger partial charge in [-0.3, -0.25) is 4.79 Å². The molecule has 2 atom stereocenters. The van der Waals surface area contributed by atoms with E-state index < -0.39 is 0 Å². The van der Waals surface area contributed by atoms with Crippen LogP contribution in [0.4, 0.5) is 5.82 Å². The van der Waals surface area contributed by atoms with Crippen LogP contribution in [0.3, 0.4) is 0 Å². The molecule has 0 bridgehead atoms. The van der Waals surface area contributed by atoms with Crippen LogP contribution < -0.4 is 4.90 Å². The largest absolute Gasteiger partial charge is 0.396 e. The molecule has 3 aliphatic heterocycles. The van der Waals surface area contributed by atoms with E-state index in [1.807, 2.05) is 17.0 Å². The fourth-order valence-corrected chi connectivity index (χ4v) is 5.20. The van der Waals surface area contributed by atoms with E-state index >= 15 is 0 Å². The molecule has 1 aromatic rings. The molecule has 3 saturated heterocycles. The van der Waals surface area contributed by atoms with Crippen molar-refractivity contribution in [1.29, 1.82) is 0 Å². The molecule has 0 spiro atoms. The van der Waals surface area contributed by atoms with Crippen molar-refractivity contribution in [2.75, 3.05) is 51.3 Å². The second kappa shape index (κ2) is 7.76. The first-order valence-electron chi connectivity index (χ1n) is 10.4. The Labute approximate surface area is 162 Å². The maximum Gasteiger partial charge on any atom is 0.255 e. The standard InChI is InChI=1S/C21H32N4O2/c1-23-10-5-8-21(16-26)9-13-25(15-18(21)23)19-7-6-17(14-22-19)20(27)24-11-3-2-4-12-24/h6-7,14,18,26H,2-5,8-13,15-16H2,1H3/t18-,21-/m1/s1. The number of likely N-dealkylation sites (N-methyl/N-ethyl adjacent to an activating group) is 1. The highest BCUT2D eigenvalue weighted by molar-refractivity contribution is 5.94. The van der Waals surface area contributed by atoms with Crippen LogP contribution in [0.2, 0.25) is 0 Å². The Balaban J connectivity index is 1.45. The molecular formula is C21H32N4O2. The number of hydrogen-bond acceptors (Lipinski definition) is 5. The zero-order valence-corrected chi connectivity index (χ0v) is 16.4. The molecule has 0 saturated carbocycles. The third-order valence-electron chi connectivity index (χ3n) is 6.97. The van der Waals surface area contributed by atoms with Gasteiger partial charge in [0.25, 0.3) is 5.91 Å². The first-order chi connectivity index (χ1) is 13.1. The first-order valence-corrected chi connectivity index (χ1v) is 10.4. The second-order valence-electron chi connectivity index (χ2n) is 8.57. The van der Waals surface area contributed by atoms with Crippen molar-refractivity contribution in [1.82, 2.24) is 14.8 Å². The van der Waals surface area contributed by atoms with E-state index in [2.05, 4.69) is 21.8 Å². The molecule has 6 nitrogen and oxygen atoms in total. The van der Waals surface area contributed by atoms with E-state index in [4.69, 9.17) is 0 Å². The molecule has 4 heterocycles. The molecule has 6 heteroatoms. The Bertz CT molecular complexity index is 659. The van der Waals surface area contributed by atoms with Gasteiger partial charge in [0.15, 0.2) is 0 Å². The van der Waals surface area contributed by atoms with Crippen molar-refractivity contribution in [2.45, 2.75) is 44.6 Å². The average molecular weight is 373 g/mol. The van der Waals surface area contributed by atoms with Crippen molar-refractivity contribution in [3.63, 3.8) is 0 Å². The predicted octanol–water partition coefficient (Wildman–Crippen LogP) is 1.99. The molecule has 1 N–H and O–H groups in total.